The minimum absolute atomic E-state index is 0.172. The minimum Gasteiger partial charge on any atom is -0.490 e. The van der Waals surface area contributed by atoms with E-state index in [4.69, 9.17) is 9.47 Å². The normalized spacial score (nSPS) is 15.7. The molecule has 1 unspecified atom stereocenters. The molecule has 1 aliphatic rings. The third-order valence-corrected chi connectivity index (χ3v) is 6.27. The molecule has 1 heterocycles. The second-order valence-electron chi connectivity index (χ2n) is 8.01. The van der Waals surface area contributed by atoms with Crippen LogP contribution in [0.25, 0.3) is 0 Å². The number of rotatable bonds is 8. The maximum absolute atomic E-state index is 6.14. The summed E-state index contributed by atoms with van der Waals surface area (Å²) < 4.78 is 13.3. The van der Waals surface area contributed by atoms with Gasteiger partial charge in [0, 0.05) is 24.1 Å². The third-order valence-electron chi connectivity index (χ3n) is 5.75. The van der Waals surface area contributed by atoms with Crippen molar-refractivity contribution in [2.24, 2.45) is 0 Å². The van der Waals surface area contributed by atoms with Crippen molar-refractivity contribution in [3.05, 3.63) is 94.0 Å². The maximum atomic E-state index is 6.14. The highest BCUT2D eigenvalue weighted by Gasteiger charge is 2.24. The molecule has 0 aromatic heterocycles. The summed E-state index contributed by atoms with van der Waals surface area (Å²) in [6.45, 7) is 7.28. The lowest BCUT2D eigenvalue weighted by atomic mass is 9.96. The van der Waals surface area contributed by atoms with Gasteiger partial charge < -0.3 is 14.8 Å². The van der Waals surface area contributed by atoms with Crippen LogP contribution in [0.5, 0.6) is 11.5 Å². The van der Waals surface area contributed by atoms with Gasteiger partial charge in [-0.25, -0.2) is 0 Å². The molecule has 0 saturated carbocycles. The van der Waals surface area contributed by atoms with Crippen LogP contribution in [0.1, 0.15) is 36.1 Å². The number of ether oxygens (including phenoxy) is 2. The molecule has 168 valence electrons. The molecule has 3 aromatic carbocycles. The number of halogens is 1. The van der Waals surface area contributed by atoms with Crippen molar-refractivity contribution in [1.29, 1.82) is 0 Å². The highest BCUT2D eigenvalue weighted by molar-refractivity contribution is 9.10. The summed E-state index contributed by atoms with van der Waals surface area (Å²) in [5, 5.41) is 3.52. The Kier molecular flexibility index (Phi) is 8.21. The fraction of sp³-hybridized carbons (Fsp3) is 0.333. The van der Waals surface area contributed by atoms with Gasteiger partial charge in [-0.05, 0) is 60.8 Å². The molecule has 0 amide bonds. The standard InChI is InChI=1S/C27H31BrN2O2/c1-2-31-26-19-23(11-14-25(26)32-20-21-7-4-3-5-8-21)27(22-9-12-24(28)13-10-22)30-17-6-15-29-16-18-30/h3-5,7-14,19,27,29H,2,6,15-18,20H2,1H3. The highest BCUT2D eigenvalue weighted by atomic mass is 79.9. The van der Waals surface area contributed by atoms with Crippen molar-refractivity contribution in [2.75, 3.05) is 32.8 Å². The number of benzene rings is 3. The Morgan fingerprint density at radius 1 is 0.875 bits per heavy atom. The zero-order valence-electron chi connectivity index (χ0n) is 18.6. The van der Waals surface area contributed by atoms with E-state index in [1.165, 1.54) is 11.1 Å². The first-order valence-electron chi connectivity index (χ1n) is 11.4. The maximum Gasteiger partial charge on any atom is 0.161 e. The number of hydrogen-bond donors (Lipinski definition) is 1. The SMILES string of the molecule is CCOc1cc(C(c2ccc(Br)cc2)N2CCCNCC2)ccc1OCc1ccccc1. The molecular formula is C27H31BrN2O2. The van der Waals surface area contributed by atoms with Crippen LogP contribution in [0.3, 0.4) is 0 Å². The summed E-state index contributed by atoms with van der Waals surface area (Å²) in [7, 11) is 0. The topological polar surface area (TPSA) is 33.7 Å². The van der Waals surface area contributed by atoms with Gasteiger partial charge >= 0.3 is 0 Å². The second-order valence-corrected chi connectivity index (χ2v) is 8.92. The van der Waals surface area contributed by atoms with Crippen LogP contribution in [0.15, 0.2) is 77.3 Å². The van der Waals surface area contributed by atoms with Crippen molar-refractivity contribution >= 4 is 15.9 Å². The predicted octanol–water partition coefficient (Wildman–Crippen LogP) is 5.81. The van der Waals surface area contributed by atoms with Crippen LogP contribution in [-0.4, -0.2) is 37.7 Å². The van der Waals surface area contributed by atoms with Crippen molar-refractivity contribution in [3.8, 4) is 11.5 Å². The van der Waals surface area contributed by atoms with E-state index in [-0.39, 0.29) is 6.04 Å². The molecule has 3 aromatic rings. The first kappa shape index (κ1) is 22.8. The van der Waals surface area contributed by atoms with Crippen molar-refractivity contribution < 1.29 is 9.47 Å². The molecule has 0 bridgehead atoms. The summed E-state index contributed by atoms with van der Waals surface area (Å²) in [6.07, 6.45) is 1.14. The zero-order chi connectivity index (χ0) is 22.2. The van der Waals surface area contributed by atoms with Gasteiger partial charge in [0.15, 0.2) is 11.5 Å². The molecule has 1 saturated heterocycles. The Balaban J connectivity index is 1.65. The lowest BCUT2D eigenvalue weighted by molar-refractivity contribution is 0.238. The average Bonchev–Trinajstić information content (AvgIpc) is 3.10. The molecule has 4 rings (SSSR count). The Labute approximate surface area is 199 Å². The lowest BCUT2D eigenvalue weighted by Gasteiger charge is -2.32. The molecule has 0 radical (unpaired) electrons. The van der Waals surface area contributed by atoms with E-state index >= 15 is 0 Å². The Bertz CT molecular complexity index is 971. The summed E-state index contributed by atoms with van der Waals surface area (Å²) >= 11 is 3.58. The summed E-state index contributed by atoms with van der Waals surface area (Å²) in [5.74, 6) is 1.59. The van der Waals surface area contributed by atoms with Gasteiger partial charge in [-0.2, -0.15) is 0 Å². The molecule has 5 heteroatoms. The molecule has 0 aliphatic carbocycles. The number of nitrogens with zero attached hydrogens (tertiary/aromatic N) is 1. The van der Waals surface area contributed by atoms with Gasteiger partial charge in [-0.1, -0.05) is 64.5 Å². The average molecular weight is 495 g/mol. The Morgan fingerprint density at radius 2 is 1.66 bits per heavy atom. The first-order chi connectivity index (χ1) is 15.7. The van der Waals surface area contributed by atoms with Crippen LogP contribution in [0.4, 0.5) is 0 Å². The smallest absolute Gasteiger partial charge is 0.161 e. The third kappa shape index (κ3) is 5.91. The quantitative estimate of drug-likeness (QED) is 0.428. The summed E-state index contributed by atoms with van der Waals surface area (Å²) in [5.41, 5.74) is 3.66. The monoisotopic (exact) mass is 494 g/mol. The predicted molar refractivity (Wildman–Crippen MR) is 133 cm³/mol. The van der Waals surface area contributed by atoms with E-state index in [0.29, 0.717) is 13.2 Å². The molecule has 1 N–H and O–H groups in total. The minimum atomic E-state index is 0.172. The largest absolute Gasteiger partial charge is 0.490 e. The van der Waals surface area contributed by atoms with Crippen molar-refractivity contribution in [1.82, 2.24) is 10.2 Å². The van der Waals surface area contributed by atoms with Gasteiger partial charge in [0.2, 0.25) is 0 Å². The summed E-state index contributed by atoms with van der Waals surface area (Å²) in [6, 6.07) is 25.5. The summed E-state index contributed by atoms with van der Waals surface area (Å²) in [4.78, 5) is 2.57. The van der Waals surface area contributed by atoms with Gasteiger partial charge in [-0.3, -0.25) is 4.90 Å². The van der Waals surface area contributed by atoms with Crippen molar-refractivity contribution in [3.63, 3.8) is 0 Å². The Morgan fingerprint density at radius 3 is 2.44 bits per heavy atom. The van der Waals surface area contributed by atoms with E-state index in [1.54, 1.807) is 0 Å². The van der Waals surface area contributed by atoms with E-state index in [1.807, 2.05) is 25.1 Å². The molecule has 1 atom stereocenters. The van der Waals surface area contributed by atoms with Gasteiger partial charge in [0.1, 0.15) is 6.61 Å². The zero-order valence-corrected chi connectivity index (χ0v) is 20.2. The van der Waals surface area contributed by atoms with Crippen LogP contribution in [0.2, 0.25) is 0 Å². The second kappa shape index (κ2) is 11.5. The van der Waals surface area contributed by atoms with Gasteiger partial charge in [-0.15, -0.1) is 0 Å². The van der Waals surface area contributed by atoms with Crippen LogP contribution in [-0.2, 0) is 6.61 Å². The fourth-order valence-corrected chi connectivity index (χ4v) is 4.47. The van der Waals surface area contributed by atoms with E-state index in [2.05, 4.69) is 80.7 Å². The highest BCUT2D eigenvalue weighted by Crippen LogP contribution is 2.36. The molecular weight excluding hydrogens is 464 g/mol. The van der Waals surface area contributed by atoms with Gasteiger partial charge in [0.25, 0.3) is 0 Å². The van der Waals surface area contributed by atoms with Crippen molar-refractivity contribution in [2.45, 2.75) is 26.0 Å². The van der Waals surface area contributed by atoms with Crippen LogP contribution >= 0.6 is 15.9 Å². The molecule has 1 fully saturated rings. The fourth-order valence-electron chi connectivity index (χ4n) is 4.20. The number of hydrogen-bond acceptors (Lipinski definition) is 4. The van der Waals surface area contributed by atoms with Crippen LogP contribution in [0, 0.1) is 0 Å². The molecule has 4 nitrogen and oxygen atoms in total. The molecule has 0 spiro atoms. The molecule has 32 heavy (non-hydrogen) atoms. The van der Waals surface area contributed by atoms with Crippen LogP contribution < -0.4 is 14.8 Å². The van der Waals surface area contributed by atoms with E-state index < -0.39 is 0 Å². The number of nitrogens with one attached hydrogen (secondary N) is 1. The van der Waals surface area contributed by atoms with Gasteiger partial charge in [0.05, 0.1) is 12.6 Å². The Hall–Kier alpha value is -2.34. The first-order valence-corrected chi connectivity index (χ1v) is 12.2. The lowest BCUT2D eigenvalue weighted by Crippen LogP contribution is -2.33. The molecule has 1 aliphatic heterocycles. The van der Waals surface area contributed by atoms with E-state index in [9.17, 15) is 0 Å². The van der Waals surface area contributed by atoms with E-state index in [0.717, 1.165) is 54.1 Å².